The first-order valence-corrected chi connectivity index (χ1v) is 7.40. The van der Waals surface area contributed by atoms with Gasteiger partial charge in [0.2, 0.25) is 0 Å². The molecule has 0 fully saturated rings. The Kier molecular flexibility index (Phi) is 8.38. The van der Waals surface area contributed by atoms with E-state index in [4.69, 9.17) is 9.84 Å². The molecule has 0 unspecified atom stereocenters. The van der Waals surface area contributed by atoms with E-state index in [1.165, 1.54) is 6.07 Å². The third-order valence-electron chi connectivity index (χ3n) is 3.06. The maximum Gasteiger partial charge on any atom is 0.270 e. The SMILES string of the molecule is CCCNCc1cc([N+](=O)[O-])ccc1OCCCCCO. The van der Waals surface area contributed by atoms with Crippen LogP contribution in [0.15, 0.2) is 18.2 Å². The molecule has 0 aromatic heterocycles. The number of nitro groups is 1. The molecule has 0 atom stereocenters. The molecule has 0 saturated carbocycles. The van der Waals surface area contributed by atoms with Crippen LogP contribution in [-0.2, 0) is 6.54 Å². The Morgan fingerprint density at radius 2 is 2.14 bits per heavy atom. The molecule has 0 aliphatic heterocycles. The first-order valence-electron chi connectivity index (χ1n) is 7.40. The van der Waals surface area contributed by atoms with Crippen LogP contribution in [0, 0.1) is 10.1 Å². The molecule has 6 nitrogen and oxygen atoms in total. The lowest BCUT2D eigenvalue weighted by atomic mass is 10.1. The summed E-state index contributed by atoms with van der Waals surface area (Å²) < 4.78 is 5.70. The van der Waals surface area contributed by atoms with Crippen LogP contribution in [0.5, 0.6) is 5.75 Å². The molecule has 6 heteroatoms. The minimum absolute atomic E-state index is 0.0796. The highest BCUT2D eigenvalue weighted by Gasteiger charge is 2.11. The van der Waals surface area contributed by atoms with Gasteiger partial charge in [0, 0.05) is 30.8 Å². The van der Waals surface area contributed by atoms with Gasteiger partial charge in [-0.1, -0.05) is 6.92 Å². The van der Waals surface area contributed by atoms with E-state index in [9.17, 15) is 10.1 Å². The number of aliphatic hydroxyl groups excluding tert-OH is 1. The van der Waals surface area contributed by atoms with E-state index >= 15 is 0 Å². The minimum Gasteiger partial charge on any atom is -0.493 e. The molecular weight excluding hydrogens is 272 g/mol. The monoisotopic (exact) mass is 296 g/mol. The van der Waals surface area contributed by atoms with E-state index in [0.29, 0.717) is 18.9 Å². The highest BCUT2D eigenvalue weighted by molar-refractivity contribution is 5.43. The quantitative estimate of drug-likeness (QED) is 0.372. The summed E-state index contributed by atoms with van der Waals surface area (Å²) in [5.74, 6) is 0.688. The van der Waals surface area contributed by atoms with Gasteiger partial charge in [0.1, 0.15) is 5.75 Å². The fourth-order valence-electron chi connectivity index (χ4n) is 1.93. The third kappa shape index (κ3) is 6.55. The molecule has 0 aliphatic carbocycles. The van der Waals surface area contributed by atoms with Crippen molar-refractivity contribution in [3.63, 3.8) is 0 Å². The van der Waals surface area contributed by atoms with Crippen LogP contribution in [0.2, 0.25) is 0 Å². The predicted octanol–water partition coefficient (Wildman–Crippen LogP) is 2.64. The molecule has 0 bridgehead atoms. The van der Waals surface area contributed by atoms with Crippen LogP contribution in [0.4, 0.5) is 5.69 Å². The lowest BCUT2D eigenvalue weighted by Crippen LogP contribution is -2.15. The van der Waals surface area contributed by atoms with Crippen molar-refractivity contribution in [2.45, 2.75) is 39.2 Å². The van der Waals surface area contributed by atoms with Crippen molar-refractivity contribution in [1.82, 2.24) is 5.32 Å². The molecule has 0 spiro atoms. The van der Waals surface area contributed by atoms with E-state index in [2.05, 4.69) is 12.2 Å². The number of nitrogens with one attached hydrogen (secondary N) is 1. The molecule has 2 N–H and O–H groups in total. The van der Waals surface area contributed by atoms with Gasteiger partial charge >= 0.3 is 0 Å². The summed E-state index contributed by atoms with van der Waals surface area (Å²) in [7, 11) is 0. The second-order valence-corrected chi connectivity index (χ2v) is 4.86. The lowest BCUT2D eigenvalue weighted by Gasteiger charge is -2.12. The molecule has 1 aromatic carbocycles. The molecule has 0 aliphatic rings. The van der Waals surface area contributed by atoms with Crippen molar-refractivity contribution >= 4 is 5.69 Å². The van der Waals surface area contributed by atoms with Crippen LogP contribution in [0.3, 0.4) is 0 Å². The smallest absolute Gasteiger partial charge is 0.270 e. The van der Waals surface area contributed by atoms with Gasteiger partial charge in [-0.05, 0) is 38.3 Å². The average molecular weight is 296 g/mol. The van der Waals surface area contributed by atoms with Crippen LogP contribution in [0.25, 0.3) is 0 Å². The van der Waals surface area contributed by atoms with E-state index in [1.54, 1.807) is 12.1 Å². The molecule has 1 aromatic rings. The van der Waals surface area contributed by atoms with Gasteiger partial charge in [0.25, 0.3) is 5.69 Å². The number of aliphatic hydroxyl groups is 1. The summed E-state index contributed by atoms with van der Waals surface area (Å²) in [6, 6.07) is 4.69. The number of nitro benzene ring substituents is 1. The van der Waals surface area contributed by atoms with Crippen molar-refractivity contribution in [2.75, 3.05) is 19.8 Å². The van der Waals surface area contributed by atoms with Crippen LogP contribution < -0.4 is 10.1 Å². The Hall–Kier alpha value is -1.66. The minimum atomic E-state index is -0.394. The Labute approximate surface area is 125 Å². The highest BCUT2D eigenvalue weighted by atomic mass is 16.6. The van der Waals surface area contributed by atoms with Crippen molar-refractivity contribution in [2.24, 2.45) is 0 Å². The molecule has 1 rings (SSSR count). The zero-order chi connectivity index (χ0) is 15.5. The lowest BCUT2D eigenvalue weighted by molar-refractivity contribution is -0.384. The summed E-state index contributed by atoms with van der Waals surface area (Å²) in [6.07, 6.45) is 3.55. The van der Waals surface area contributed by atoms with E-state index in [-0.39, 0.29) is 12.3 Å². The third-order valence-corrected chi connectivity index (χ3v) is 3.06. The second kappa shape index (κ2) is 10.1. The van der Waals surface area contributed by atoms with Gasteiger partial charge in [0.15, 0.2) is 0 Å². The first-order chi connectivity index (χ1) is 10.2. The van der Waals surface area contributed by atoms with Gasteiger partial charge < -0.3 is 15.2 Å². The van der Waals surface area contributed by atoms with Gasteiger partial charge in [-0.2, -0.15) is 0 Å². The van der Waals surface area contributed by atoms with E-state index in [0.717, 1.165) is 37.8 Å². The molecule has 118 valence electrons. The zero-order valence-electron chi connectivity index (χ0n) is 12.5. The normalized spacial score (nSPS) is 10.6. The van der Waals surface area contributed by atoms with Gasteiger partial charge in [0.05, 0.1) is 11.5 Å². The Morgan fingerprint density at radius 1 is 1.33 bits per heavy atom. The number of nitrogens with zero attached hydrogens (tertiary/aromatic N) is 1. The van der Waals surface area contributed by atoms with Gasteiger partial charge in [-0.25, -0.2) is 0 Å². The summed E-state index contributed by atoms with van der Waals surface area (Å²) >= 11 is 0. The maximum absolute atomic E-state index is 10.8. The van der Waals surface area contributed by atoms with Crippen LogP contribution in [0.1, 0.15) is 38.2 Å². The number of rotatable bonds is 11. The van der Waals surface area contributed by atoms with Crippen molar-refractivity contribution in [3.8, 4) is 5.75 Å². The summed E-state index contributed by atoms with van der Waals surface area (Å²) in [5, 5.41) is 22.8. The molecular formula is C15H24N2O4. The average Bonchev–Trinajstić information content (AvgIpc) is 2.48. The fraction of sp³-hybridized carbons (Fsp3) is 0.600. The molecule has 0 radical (unpaired) electrons. The predicted molar refractivity (Wildman–Crippen MR) is 81.5 cm³/mol. The number of ether oxygens (including phenoxy) is 1. The zero-order valence-corrected chi connectivity index (χ0v) is 12.5. The van der Waals surface area contributed by atoms with Crippen molar-refractivity contribution in [1.29, 1.82) is 0 Å². The van der Waals surface area contributed by atoms with Crippen molar-refractivity contribution < 1.29 is 14.8 Å². The number of hydrogen-bond acceptors (Lipinski definition) is 5. The highest BCUT2D eigenvalue weighted by Crippen LogP contribution is 2.24. The number of hydrogen-bond donors (Lipinski definition) is 2. The van der Waals surface area contributed by atoms with Crippen LogP contribution in [-0.4, -0.2) is 29.8 Å². The summed E-state index contributed by atoms with van der Waals surface area (Å²) in [6.45, 7) is 4.24. The molecule has 21 heavy (non-hydrogen) atoms. The van der Waals surface area contributed by atoms with E-state index in [1.807, 2.05) is 0 Å². The second-order valence-electron chi connectivity index (χ2n) is 4.86. The van der Waals surface area contributed by atoms with Crippen LogP contribution >= 0.6 is 0 Å². The standard InChI is InChI=1S/C15H24N2O4/c1-2-8-16-12-13-11-14(17(19)20)6-7-15(13)21-10-5-3-4-9-18/h6-7,11,16,18H,2-5,8-10,12H2,1H3. The Balaban J connectivity index is 2.64. The van der Waals surface area contributed by atoms with Crippen molar-refractivity contribution in [3.05, 3.63) is 33.9 Å². The number of non-ortho nitro benzene ring substituents is 1. The maximum atomic E-state index is 10.8. The Morgan fingerprint density at radius 3 is 2.81 bits per heavy atom. The topological polar surface area (TPSA) is 84.6 Å². The molecule has 0 amide bonds. The fourth-order valence-corrected chi connectivity index (χ4v) is 1.93. The largest absolute Gasteiger partial charge is 0.493 e. The van der Waals surface area contributed by atoms with Gasteiger partial charge in [-0.3, -0.25) is 10.1 Å². The van der Waals surface area contributed by atoms with Gasteiger partial charge in [-0.15, -0.1) is 0 Å². The van der Waals surface area contributed by atoms with E-state index < -0.39 is 4.92 Å². The Bertz CT molecular complexity index is 438. The first kappa shape index (κ1) is 17.4. The number of benzene rings is 1. The summed E-state index contributed by atoms with van der Waals surface area (Å²) in [4.78, 5) is 10.5. The molecule has 0 heterocycles. The number of unbranched alkanes of at least 4 members (excludes halogenated alkanes) is 2. The summed E-state index contributed by atoms with van der Waals surface area (Å²) in [5.41, 5.74) is 0.885. The molecule has 0 saturated heterocycles.